The molecule has 0 heterocycles. The summed E-state index contributed by atoms with van der Waals surface area (Å²) in [4.78, 5) is 0. The molecule has 108 valence electrons. The lowest BCUT2D eigenvalue weighted by Gasteiger charge is -2.07. The number of nitriles is 2. The number of allylic oxidation sites excluding steroid dienone is 1. The lowest BCUT2D eigenvalue weighted by Crippen LogP contribution is -1.87. The van der Waals surface area contributed by atoms with Crippen molar-refractivity contribution in [3.63, 3.8) is 0 Å². The predicted molar refractivity (Wildman–Crippen MR) is 84.3 cm³/mol. The summed E-state index contributed by atoms with van der Waals surface area (Å²) in [5, 5.41) is 28.0. The Morgan fingerprint density at radius 1 is 1.23 bits per heavy atom. The molecule has 0 fully saturated rings. The fourth-order valence-electron chi connectivity index (χ4n) is 1.90. The van der Waals surface area contributed by atoms with Crippen LogP contribution in [0.1, 0.15) is 16.7 Å². The molecule has 0 unspecified atom stereocenters. The summed E-state index contributed by atoms with van der Waals surface area (Å²) in [7, 11) is 1.42. The summed E-state index contributed by atoms with van der Waals surface area (Å²) >= 11 is 5.93. The van der Waals surface area contributed by atoms with Gasteiger partial charge in [0.05, 0.1) is 35.4 Å². The maximum Gasteiger partial charge on any atom is 0.176 e. The van der Waals surface area contributed by atoms with Crippen molar-refractivity contribution in [1.82, 2.24) is 0 Å². The quantitative estimate of drug-likeness (QED) is 0.687. The number of rotatable bonds is 3. The van der Waals surface area contributed by atoms with Crippen LogP contribution >= 0.6 is 11.6 Å². The van der Waals surface area contributed by atoms with Gasteiger partial charge in [-0.15, -0.1) is 0 Å². The third kappa shape index (κ3) is 3.20. The fourth-order valence-corrected chi connectivity index (χ4v) is 2.12. The Balaban J connectivity index is 2.47. The molecule has 0 aromatic heterocycles. The highest BCUT2D eigenvalue weighted by Crippen LogP contribution is 2.36. The summed E-state index contributed by atoms with van der Waals surface area (Å²) in [6.45, 7) is 0. The zero-order chi connectivity index (χ0) is 16.1. The van der Waals surface area contributed by atoms with E-state index in [1.54, 1.807) is 42.5 Å². The van der Waals surface area contributed by atoms with Gasteiger partial charge in [0.25, 0.3) is 0 Å². The molecule has 0 saturated carbocycles. The zero-order valence-corrected chi connectivity index (χ0v) is 12.4. The van der Waals surface area contributed by atoms with Crippen molar-refractivity contribution in [3.05, 3.63) is 58.1 Å². The van der Waals surface area contributed by atoms with Gasteiger partial charge in [-0.25, -0.2) is 0 Å². The highest BCUT2D eigenvalue weighted by Gasteiger charge is 2.09. The van der Waals surface area contributed by atoms with Gasteiger partial charge in [0.15, 0.2) is 11.5 Å². The molecule has 0 radical (unpaired) electrons. The minimum absolute atomic E-state index is 0.141. The standard InChI is InChI=1S/C17H11ClN2O2/c1-22-16-8-12(7-15(18)17(16)21)6-14(10-20)13-4-2-11(9-19)3-5-13/h2-8,21H,1H3. The van der Waals surface area contributed by atoms with Crippen molar-refractivity contribution in [2.24, 2.45) is 0 Å². The monoisotopic (exact) mass is 310 g/mol. The SMILES string of the molecule is COc1cc(C=C(C#N)c2ccc(C#N)cc2)cc(Cl)c1O. The van der Waals surface area contributed by atoms with E-state index < -0.39 is 0 Å². The second-order valence-corrected chi connectivity index (χ2v) is 4.82. The molecule has 0 aliphatic carbocycles. The first kappa shape index (κ1) is 15.4. The Hall–Kier alpha value is -2.95. The summed E-state index contributed by atoms with van der Waals surface area (Å²) < 4.78 is 5.04. The van der Waals surface area contributed by atoms with Crippen molar-refractivity contribution in [3.8, 4) is 23.6 Å². The van der Waals surface area contributed by atoms with Crippen molar-refractivity contribution in [2.75, 3.05) is 7.11 Å². The zero-order valence-electron chi connectivity index (χ0n) is 11.7. The maximum absolute atomic E-state index is 9.71. The first-order valence-electron chi connectivity index (χ1n) is 6.28. The molecule has 0 atom stereocenters. The minimum Gasteiger partial charge on any atom is -0.503 e. The van der Waals surface area contributed by atoms with Crippen LogP contribution in [0.25, 0.3) is 11.6 Å². The second kappa shape index (κ2) is 6.67. The summed E-state index contributed by atoms with van der Waals surface area (Å²) in [6.07, 6.45) is 1.63. The number of phenolic OH excluding ortho intramolecular Hbond substituents is 1. The first-order valence-corrected chi connectivity index (χ1v) is 6.65. The number of aromatic hydroxyl groups is 1. The molecule has 0 saturated heterocycles. The van der Waals surface area contributed by atoms with Crippen LogP contribution in [-0.2, 0) is 0 Å². The predicted octanol–water partition coefficient (Wildman–Crippen LogP) is 3.99. The van der Waals surface area contributed by atoms with Gasteiger partial charge in [-0.2, -0.15) is 10.5 Å². The molecule has 0 bridgehead atoms. The normalized spacial score (nSPS) is 10.6. The van der Waals surface area contributed by atoms with Gasteiger partial charge in [-0.3, -0.25) is 0 Å². The number of halogens is 1. The highest BCUT2D eigenvalue weighted by atomic mass is 35.5. The lowest BCUT2D eigenvalue weighted by molar-refractivity contribution is 0.373. The summed E-state index contributed by atoms with van der Waals surface area (Å²) in [5.41, 5.74) is 2.24. The largest absolute Gasteiger partial charge is 0.503 e. The van der Waals surface area contributed by atoms with Gasteiger partial charge in [-0.05, 0) is 41.5 Å². The van der Waals surface area contributed by atoms with Crippen LogP contribution in [0.4, 0.5) is 0 Å². The number of ether oxygens (including phenoxy) is 1. The van der Waals surface area contributed by atoms with Crippen LogP contribution in [0.5, 0.6) is 11.5 Å². The lowest BCUT2D eigenvalue weighted by atomic mass is 10.0. The van der Waals surface area contributed by atoms with Gasteiger partial charge in [0, 0.05) is 0 Å². The van der Waals surface area contributed by atoms with Crippen molar-refractivity contribution in [1.29, 1.82) is 10.5 Å². The van der Waals surface area contributed by atoms with Gasteiger partial charge in [-0.1, -0.05) is 23.7 Å². The van der Waals surface area contributed by atoms with E-state index in [1.165, 1.54) is 7.11 Å². The van der Waals surface area contributed by atoms with Crippen molar-refractivity contribution in [2.45, 2.75) is 0 Å². The molecular formula is C17H11ClN2O2. The molecular weight excluding hydrogens is 300 g/mol. The summed E-state index contributed by atoms with van der Waals surface area (Å²) in [6, 6.07) is 14.0. The van der Waals surface area contributed by atoms with Crippen LogP contribution < -0.4 is 4.74 Å². The smallest absolute Gasteiger partial charge is 0.176 e. The number of methoxy groups -OCH3 is 1. The van der Waals surface area contributed by atoms with E-state index in [1.807, 2.05) is 6.07 Å². The molecule has 0 aliphatic rings. The first-order chi connectivity index (χ1) is 10.6. The Morgan fingerprint density at radius 3 is 2.45 bits per heavy atom. The molecule has 0 amide bonds. The Bertz CT molecular complexity index is 812. The third-order valence-electron chi connectivity index (χ3n) is 3.03. The van der Waals surface area contributed by atoms with Gasteiger partial charge in [0.1, 0.15) is 0 Å². The number of hydrogen-bond donors (Lipinski definition) is 1. The van der Waals surface area contributed by atoms with Crippen LogP contribution in [0.2, 0.25) is 5.02 Å². The average Bonchev–Trinajstić information content (AvgIpc) is 2.55. The Morgan fingerprint density at radius 2 is 1.91 bits per heavy atom. The molecule has 2 aromatic carbocycles. The number of nitrogens with zero attached hydrogens (tertiary/aromatic N) is 2. The van der Waals surface area contributed by atoms with Crippen molar-refractivity contribution >= 4 is 23.3 Å². The summed E-state index contributed by atoms with van der Waals surface area (Å²) in [5.74, 6) is 0.0917. The van der Waals surface area contributed by atoms with E-state index in [9.17, 15) is 10.4 Å². The van der Waals surface area contributed by atoms with E-state index in [4.69, 9.17) is 21.6 Å². The van der Waals surface area contributed by atoms with E-state index in [0.717, 1.165) is 0 Å². The number of benzene rings is 2. The third-order valence-corrected chi connectivity index (χ3v) is 3.32. The molecule has 5 heteroatoms. The topological polar surface area (TPSA) is 77.0 Å². The fraction of sp³-hybridized carbons (Fsp3) is 0.0588. The highest BCUT2D eigenvalue weighted by molar-refractivity contribution is 6.32. The minimum atomic E-state index is -0.141. The van der Waals surface area contributed by atoms with Gasteiger partial charge < -0.3 is 9.84 Å². The van der Waals surface area contributed by atoms with E-state index in [2.05, 4.69) is 6.07 Å². The van der Waals surface area contributed by atoms with Gasteiger partial charge >= 0.3 is 0 Å². The Labute approximate surface area is 133 Å². The van der Waals surface area contributed by atoms with Crippen molar-refractivity contribution < 1.29 is 9.84 Å². The van der Waals surface area contributed by atoms with Crippen LogP contribution in [0.3, 0.4) is 0 Å². The molecule has 4 nitrogen and oxygen atoms in total. The van der Waals surface area contributed by atoms with E-state index in [-0.39, 0.29) is 16.5 Å². The molecule has 0 spiro atoms. The average molecular weight is 311 g/mol. The van der Waals surface area contributed by atoms with E-state index in [0.29, 0.717) is 22.3 Å². The molecule has 2 rings (SSSR count). The van der Waals surface area contributed by atoms with Crippen LogP contribution in [0.15, 0.2) is 36.4 Å². The van der Waals surface area contributed by atoms with Crippen LogP contribution in [-0.4, -0.2) is 12.2 Å². The molecule has 1 N–H and O–H groups in total. The van der Waals surface area contributed by atoms with E-state index >= 15 is 0 Å². The number of phenols is 1. The molecule has 22 heavy (non-hydrogen) atoms. The van der Waals surface area contributed by atoms with Gasteiger partial charge in [0.2, 0.25) is 0 Å². The van der Waals surface area contributed by atoms with Crippen LogP contribution in [0, 0.1) is 22.7 Å². The number of hydrogen-bond acceptors (Lipinski definition) is 4. The Kier molecular flexibility index (Phi) is 4.68. The molecule has 0 aliphatic heterocycles. The second-order valence-electron chi connectivity index (χ2n) is 4.41. The molecule has 2 aromatic rings. The maximum atomic E-state index is 9.71.